The van der Waals surface area contributed by atoms with Crippen LogP contribution in [0.25, 0.3) is 5.57 Å². The van der Waals surface area contributed by atoms with Gasteiger partial charge in [-0.25, -0.2) is 4.79 Å². The molecule has 2 nitrogen and oxygen atoms in total. The van der Waals surface area contributed by atoms with Crippen molar-refractivity contribution in [2.75, 3.05) is 0 Å². The molecule has 0 radical (unpaired) electrons. The maximum atomic E-state index is 11.8. The summed E-state index contributed by atoms with van der Waals surface area (Å²) in [5, 5.41) is 0. The molecule has 0 spiro atoms. The molecule has 0 heterocycles. The van der Waals surface area contributed by atoms with Crippen molar-refractivity contribution in [3.8, 4) is 0 Å². The normalized spacial score (nSPS) is 9.78. The molecule has 2 rings (SSSR count). The lowest BCUT2D eigenvalue weighted by Crippen LogP contribution is -2.06. The maximum absolute atomic E-state index is 11.8. The van der Waals surface area contributed by atoms with Crippen LogP contribution >= 0.6 is 0 Å². The first-order chi connectivity index (χ1) is 8.77. The highest BCUT2D eigenvalue weighted by atomic mass is 16.5. The Morgan fingerprint density at radius 1 is 0.944 bits per heavy atom. The molecular weight excluding hydrogens is 224 g/mol. The fraction of sp³-hybridized carbons (Fsp3) is 0.0625. The van der Waals surface area contributed by atoms with E-state index in [1.807, 2.05) is 60.7 Å². The van der Waals surface area contributed by atoms with E-state index in [9.17, 15) is 4.79 Å². The van der Waals surface area contributed by atoms with E-state index in [-0.39, 0.29) is 12.6 Å². The molecule has 18 heavy (non-hydrogen) atoms. The van der Waals surface area contributed by atoms with Crippen LogP contribution in [0.5, 0.6) is 0 Å². The molecule has 0 aliphatic heterocycles. The third-order valence-corrected chi connectivity index (χ3v) is 2.58. The molecule has 0 saturated carbocycles. The van der Waals surface area contributed by atoms with Crippen molar-refractivity contribution in [3.63, 3.8) is 0 Å². The molecule has 0 aromatic heterocycles. The van der Waals surface area contributed by atoms with Crippen LogP contribution in [0, 0.1) is 0 Å². The average Bonchev–Trinajstić information content (AvgIpc) is 2.46. The Balaban J connectivity index is 1.95. The molecule has 2 heteroatoms. The van der Waals surface area contributed by atoms with Gasteiger partial charge in [-0.15, -0.1) is 0 Å². The van der Waals surface area contributed by atoms with Crippen molar-refractivity contribution < 1.29 is 9.53 Å². The Bertz CT molecular complexity index is 530. The lowest BCUT2D eigenvalue weighted by molar-refractivity contribution is -0.137. The van der Waals surface area contributed by atoms with E-state index in [0.717, 1.165) is 11.1 Å². The third kappa shape index (κ3) is 3.08. The molecular formula is C16H14O2. The number of ether oxygens (including phenoxy) is 1. The summed E-state index contributed by atoms with van der Waals surface area (Å²) in [6.07, 6.45) is 0. The Morgan fingerprint density at radius 3 is 2.11 bits per heavy atom. The van der Waals surface area contributed by atoms with Crippen LogP contribution in [0.15, 0.2) is 67.2 Å². The lowest BCUT2D eigenvalue weighted by Gasteiger charge is -2.07. The van der Waals surface area contributed by atoms with Gasteiger partial charge in [0.05, 0.1) is 5.57 Å². The van der Waals surface area contributed by atoms with Crippen LogP contribution in [-0.4, -0.2) is 5.97 Å². The molecule has 0 atom stereocenters. The smallest absolute Gasteiger partial charge is 0.338 e. The monoisotopic (exact) mass is 238 g/mol. The third-order valence-electron chi connectivity index (χ3n) is 2.58. The van der Waals surface area contributed by atoms with Gasteiger partial charge in [-0.3, -0.25) is 0 Å². The van der Waals surface area contributed by atoms with Crippen LogP contribution in [0.2, 0.25) is 0 Å². The van der Waals surface area contributed by atoms with E-state index in [2.05, 4.69) is 6.58 Å². The van der Waals surface area contributed by atoms with Gasteiger partial charge in [-0.05, 0) is 11.1 Å². The quantitative estimate of drug-likeness (QED) is 0.602. The van der Waals surface area contributed by atoms with Gasteiger partial charge in [0.15, 0.2) is 0 Å². The Kier molecular flexibility index (Phi) is 3.92. The first-order valence-corrected chi connectivity index (χ1v) is 5.73. The zero-order valence-corrected chi connectivity index (χ0v) is 10.0. The summed E-state index contributed by atoms with van der Waals surface area (Å²) in [6, 6.07) is 18.9. The molecule has 0 unspecified atom stereocenters. The highest BCUT2D eigenvalue weighted by Crippen LogP contribution is 2.14. The number of carbonyl (C=O) groups is 1. The van der Waals surface area contributed by atoms with E-state index >= 15 is 0 Å². The van der Waals surface area contributed by atoms with Crippen LogP contribution in [0.3, 0.4) is 0 Å². The van der Waals surface area contributed by atoms with E-state index in [0.29, 0.717) is 5.57 Å². The zero-order chi connectivity index (χ0) is 12.8. The molecule has 2 aromatic carbocycles. The molecule has 0 saturated heterocycles. The van der Waals surface area contributed by atoms with Gasteiger partial charge in [0.1, 0.15) is 6.61 Å². The van der Waals surface area contributed by atoms with Crippen LogP contribution in [0.1, 0.15) is 11.1 Å². The lowest BCUT2D eigenvalue weighted by atomic mass is 10.1. The number of rotatable bonds is 4. The van der Waals surface area contributed by atoms with E-state index in [1.165, 1.54) is 0 Å². The zero-order valence-electron chi connectivity index (χ0n) is 10.0. The maximum Gasteiger partial charge on any atom is 0.338 e. The largest absolute Gasteiger partial charge is 0.457 e. The average molecular weight is 238 g/mol. The Labute approximate surface area is 107 Å². The summed E-state index contributed by atoms with van der Waals surface area (Å²) >= 11 is 0. The molecule has 0 aliphatic carbocycles. The fourth-order valence-corrected chi connectivity index (χ4v) is 1.57. The molecule has 0 fully saturated rings. The minimum Gasteiger partial charge on any atom is -0.457 e. The first kappa shape index (κ1) is 12.1. The molecule has 0 amide bonds. The highest BCUT2D eigenvalue weighted by Gasteiger charge is 2.10. The second-order valence-electron chi connectivity index (χ2n) is 3.91. The highest BCUT2D eigenvalue weighted by molar-refractivity contribution is 6.15. The molecule has 0 aliphatic rings. The van der Waals surface area contributed by atoms with Crippen molar-refractivity contribution in [1.29, 1.82) is 0 Å². The molecule has 0 bridgehead atoms. The van der Waals surface area contributed by atoms with Crippen molar-refractivity contribution >= 4 is 11.5 Å². The number of hydrogen-bond donors (Lipinski definition) is 0. The first-order valence-electron chi connectivity index (χ1n) is 5.73. The Morgan fingerprint density at radius 2 is 1.50 bits per heavy atom. The van der Waals surface area contributed by atoms with Gasteiger partial charge in [-0.1, -0.05) is 67.2 Å². The van der Waals surface area contributed by atoms with Gasteiger partial charge in [-0.2, -0.15) is 0 Å². The molecule has 2 aromatic rings. The molecule has 90 valence electrons. The summed E-state index contributed by atoms with van der Waals surface area (Å²) in [7, 11) is 0. The Hall–Kier alpha value is -2.35. The van der Waals surface area contributed by atoms with Gasteiger partial charge < -0.3 is 4.74 Å². The summed E-state index contributed by atoms with van der Waals surface area (Å²) in [6.45, 7) is 4.03. The minimum atomic E-state index is -0.384. The van der Waals surface area contributed by atoms with Crippen LogP contribution in [-0.2, 0) is 16.1 Å². The van der Waals surface area contributed by atoms with Gasteiger partial charge in [0, 0.05) is 0 Å². The predicted octanol–water partition coefficient (Wildman–Crippen LogP) is 3.44. The second-order valence-corrected chi connectivity index (χ2v) is 3.91. The van der Waals surface area contributed by atoms with Gasteiger partial charge in [0.25, 0.3) is 0 Å². The number of benzene rings is 2. The van der Waals surface area contributed by atoms with Crippen LogP contribution < -0.4 is 0 Å². The standard InChI is InChI=1S/C16H14O2/c1-13(15-10-6-3-7-11-15)16(17)18-12-14-8-4-2-5-9-14/h2-11H,1,12H2. The van der Waals surface area contributed by atoms with Crippen molar-refractivity contribution in [2.45, 2.75) is 6.61 Å². The van der Waals surface area contributed by atoms with Gasteiger partial charge >= 0.3 is 5.97 Å². The summed E-state index contributed by atoms with van der Waals surface area (Å²) < 4.78 is 5.21. The van der Waals surface area contributed by atoms with E-state index in [4.69, 9.17) is 4.74 Å². The molecule has 0 N–H and O–H groups in total. The summed E-state index contributed by atoms with van der Waals surface area (Å²) in [5.74, 6) is -0.384. The fourth-order valence-electron chi connectivity index (χ4n) is 1.57. The topological polar surface area (TPSA) is 26.3 Å². The van der Waals surface area contributed by atoms with Gasteiger partial charge in [0.2, 0.25) is 0 Å². The van der Waals surface area contributed by atoms with Crippen molar-refractivity contribution in [3.05, 3.63) is 78.4 Å². The van der Waals surface area contributed by atoms with Crippen molar-refractivity contribution in [2.24, 2.45) is 0 Å². The second kappa shape index (κ2) is 5.82. The van der Waals surface area contributed by atoms with E-state index < -0.39 is 0 Å². The van der Waals surface area contributed by atoms with E-state index in [1.54, 1.807) is 0 Å². The van der Waals surface area contributed by atoms with Crippen LogP contribution in [0.4, 0.5) is 0 Å². The summed E-state index contributed by atoms with van der Waals surface area (Å²) in [4.78, 5) is 11.8. The number of esters is 1. The predicted molar refractivity (Wildman–Crippen MR) is 71.7 cm³/mol. The van der Waals surface area contributed by atoms with Crippen molar-refractivity contribution in [1.82, 2.24) is 0 Å². The number of hydrogen-bond acceptors (Lipinski definition) is 2. The minimum absolute atomic E-state index is 0.269. The summed E-state index contributed by atoms with van der Waals surface area (Å²) in [5.41, 5.74) is 2.13. The number of carbonyl (C=O) groups excluding carboxylic acids is 1. The SMILES string of the molecule is C=C(C(=O)OCc1ccccc1)c1ccccc1.